The van der Waals surface area contributed by atoms with E-state index in [9.17, 15) is 29.5 Å². The highest BCUT2D eigenvalue weighted by Crippen LogP contribution is 2.48. The van der Waals surface area contributed by atoms with Gasteiger partial charge in [0.2, 0.25) is 0 Å². The van der Waals surface area contributed by atoms with Crippen molar-refractivity contribution in [2.75, 3.05) is 34.0 Å². The molecule has 2 saturated heterocycles. The van der Waals surface area contributed by atoms with Gasteiger partial charge in [0.15, 0.2) is 0 Å². The summed E-state index contributed by atoms with van der Waals surface area (Å²) in [6, 6.07) is 26.7. The number of ether oxygens (including phenoxy) is 5. The highest BCUT2D eigenvalue weighted by atomic mass is 31.2. The van der Waals surface area contributed by atoms with Crippen LogP contribution >= 0.6 is 8.60 Å². The quantitative estimate of drug-likeness (QED) is 0.0636. The van der Waals surface area contributed by atoms with Gasteiger partial charge in [-0.25, -0.2) is 9.59 Å². The fraction of sp³-hybridized carbons (Fsp3) is 0.386. The van der Waals surface area contributed by atoms with E-state index in [1.54, 1.807) is 28.1 Å². The lowest BCUT2D eigenvalue weighted by Crippen LogP contribution is -2.38. The molecule has 2 aliphatic heterocycles. The van der Waals surface area contributed by atoms with Crippen LogP contribution in [0.3, 0.4) is 0 Å². The highest BCUT2D eigenvalue weighted by molar-refractivity contribution is 7.41. The van der Waals surface area contributed by atoms with Crippen molar-refractivity contribution in [3.8, 4) is 17.6 Å². The Kier molecular flexibility index (Phi) is 14.5. The number of aliphatic hydroxyl groups excluding tert-OH is 1. The Hall–Kier alpha value is -5.74. The van der Waals surface area contributed by atoms with Gasteiger partial charge < -0.3 is 42.4 Å². The summed E-state index contributed by atoms with van der Waals surface area (Å²) < 4.78 is 52.0. The molecular formula is C44H48N5O13P. The van der Waals surface area contributed by atoms with Gasteiger partial charge in [0.05, 0.1) is 58.7 Å². The molecule has 2 aromatic heterocycles. The van der Waals surface area contributed by atoms with Crippen molar-refractivity contribution in [3.05, 3.63) is 161 Å². The summed E-state index contributed by atoms with van der Waals surface area (Å²) in [7, 11) is 0.887. The zero-order valence-electron chi connectivity index (χ0n) is 35.0. The molecule has 4 heterocycles. The van der Waals surface area contributed by atoms with Crippen molar-refractivity contribution < 1.29 is 42.4 Å². The first-order valence-electron chi connectivity index (χ1n) is 20.1. The molecule has 2 aliphatic rings. The van der Waals surface area contributed by atoms with E-state index < -0.39 is 73.6 Å². The Morgan fingerprint density at radius 3 is 1.81 bits per heavy atom. The third-order valence-electron chi connectivity index (χ3n) is 10.9. The topological polar surface area (TPSA) is 228 Å². The third kappa shape index (κ3) is 10.1. The molecule has 1 unspecified atom stereocenters. The molecule has 3 aromatic carbocycles. The Morgan fingerprint density at radius 2 is 1.27 bits per heavy atom. The van der Waals surface area contributed by atoms with E-state index >= 15 is 0 Å². The minimum Gasteiger partial charge on any atom is -0.497 e. The zero-order valence-corrected chi connectivity index (χ0v) is 35.9. The fourth-order valence-corrected chi connectivity index (χ4v) is 8.71. The molecule has 7 rings (SSSR count). The second kappa shape index (κ2) is 20.2. The smallest absolute Gasteiger partial charge is 0.333 e. The van der Waals surface area contributed by atoms with Crippen molar-refractivity contribution in [2.45, 2.75) is 75.6 Å². The van der Waals surface area contributed by atoms with E-state index in [0.717, 1.165) is 16.7 Å². The molecule has 0 spiro atoms. The maximum absolute atomic E-state index is 13.2. The van der Waals surface area contributed by atoms with Gasteiger partial charge in [0, 0.05) is 36.4 Å². The number of nitriles is 1. The first-order chi connectivity index (χ1) is 30.4. The molecule has 0 amide bonds. The SMILES string of the molecule is COc1ccc(C(OC[C@H]2O[C@@H](n3cc(C)c(=O)[nH]c3=O)C[C@@H]2OP(OCCC#N)OC[C@H]2O[C@@H](n3cc(C)c(=O)[nH]c3=O)C[C@@H]2O)(c2ccccc2)c2ccc(OC)cc2)cc1. The first-order valence-corrected chi connectivity index (χ1v) is 21.2. The number of nitrogens with zero attached hydrogens (tertiary/aromatic N) is 3. The molecule has 19 heteroatoms. The average Bonchev–Trinajstić information content (AvgIpc) is 3.87. The Morgan fingerprint density at radius 1 is 0.746 bits per heavy atom. The van der Waals surface area contributed by atoms with Crippen LogP contribution in [-0.4, -0.2) is 82.7 Å². The zero-order chi connectivity index (χ0) is 44.7. The van der Waals surface area contributed by atoms with E-state index in [1.165, 1.54) is 21.5 Å². The van der Waals surface area contributed by atoms with Crippen LogP contribution in [0.1, 0.15) is 59.5 Å². The monoisotopic (exact) mass is 885 g/mol. The van der Waals surface area contributed by atoms with Crippen LogP contribution < -0.4 is 32.0 Å². The number of aromatic amines is 2. The van der Waals surface area contributed by atoms with Gasteiger partial charge in [0.1, 0.15) is 41.8 Å². The Labute approximate surface area is 362 Å². The van der Waals surface area contributed by atoms with Gasteiger partial charge in [-0.3, -0.25) is 28.7 Å². The second-order valence-corrected chi connectivity index (χ2v) is 16.1. The molecule has 332 valence electrons. The standard InChI is InChI=1S/C44H48N5O13P/c1-27-23-48(42(53)46-40(27)51)38-21-34(50)36(60-38)26-59-63(58-20-8-19-45)62-35-22-39(49-24-28(2)41(52)47-43(49)54)61-37(35)25-57-44(29-9-6-5-7-10-29,30-11-15-32(55-3)16-12-30)31-13-17-33(56-4)18-14-31/h5-7,9-18,23-24,34-39,50H,8,20-22,25-26H2,1-4H3,(H,46,51,53)(H,47,52,54)/t34-,35-,36+,37+,38+,39+,63?/m0/s1. The third-order valence-corrected chi connectivity index (χ3v) is 12.1. The Balaban J connectivity index is 1.21. The molecular weight excluding hydrogens is 837 g/mol. The largest absolute Gasteiger partial charge is 0.497 e. The summed E-state index contributed by atoms with van der Waals surface area (Å²) in [5, 5.41) is 20.3. The summed E-state index contributed by atoms with van der Waals surface area (Å²) in [4.78, 5) is 54.7. The molecule has 7 atom stereocenters. The lowest BCUT2D eigenvalue weighted by Gasteiger charge is -2.37. The number of aromatic nitrogens is 4. The molecule has 2 fully saturated rings. The number of rotatable bonds is 18. The summed E-state index contributed by atoms with van der Waals surface area (Å²) in [6.07, 6.45) is -2.69. The van der Waals surface area contributed by atoms with E-state index in [2.05, 4.69) is 9.97 Å². The first kappa shape index (κ1) is 45.3. The molecule has 0 radical (unpaired) electrons. The van der Waals surface area contributed by atoms with Gasteiger partial charge in [-0.15, -0.1) is 0 Å². The number of nitrogens with one attached hydrogen (secondary N) is 2. The lowest BCUT2D eigenvalue weighted by molar-refractivity contribution is -0.0940. The van der Waals surface area contributed by atoms with E-state index in [-0.39, 0.29) is 44.6 Å². The van der Waals surface area contributed by atoms with Crippen LogP contribution in [0.4, 0.5) is 0 Å². The summed E-state index contributed by atoms with van der Waals surface area (Å²) >= 11 is 0. The predicted molar refractivity (Wildman–Crippen MR) is 227 cm³/mol. The predicted octanol–water partition coefficient (Wildman–Crippen LogP) is 4.22. The summed E-state index contributed by atoms with van der Waals surface area (Å²) in [6.45, 7) is 2.70. The number of methoxy groups -OCH3 is 2. The normalized spacial score (nSPS) is 21.5. The molecule has 5 aromatic rings. The van der Waals surface area contributed by atoms with Gasteiger partial charge in [-0.2, -0.15) is 5.26 Å². The molecule has 63 heavy (non-hydrogen) atoms. The van der Waals surface area contributed by atoms with Crippen molar-refractivity contribution in [3.63, 3.8) is 0 Å². The number of benzene rings is 3. The molecule has 3 N–H and O–H groups in total. The van der Waals surface area contributed by atoms with Crippen LogP contribution in [0, 0.1) is 25.2 Å². The van der Waals surface area contributed by atoms with Crippen molar-refractivity contribution >= 4 is 8.60 Å². The molecule has 0 aliphatic carbocycles. The number of hydrogen-bond acceptors (Lipinski definition) is 14. The van der Waals surface area contributed by atoms with Crippen LogP contribution in [0.25, 0.3) is 0 Å². The second-order valence-electron chi connectivity index (χ2n) is 15.0. The van der Waals surface area contributed by atoms with E-state index in [0.29, 0.717) is 17.1 Å². The Bertz CT molecular complexity index is 2560. The van der Waals surface area contributed by atoms with Gasteiger partial charge >= 0.3 is 20.0 Å². The number of H-pyrrole nitrogens is 2. The van der Waals surface area contributed by atoms with Gasteiger partial charge in [-0.1, -0.05) is 54.6 Å². The number of aryl methyl sites for hydroxylation is 2. The van der Waals surface area contributed by atoms with Crippen molar-refractivity contribution in [1.82, 2.24) is 19.1 Å². The van der Waals surface area contributed by atoms with Crippen LogP contribution in [0.2, 0.25) is 0 Å². The lowest BCUT2D eigenvalue weighted by atomic mass is 9.80. The molecule has 18 nitrogen and oxygen atoms in total. The van der Waals surface area contributed by atoms with Crippen LogP contribution in [0.15, 0.2) is 110 Å². The van der Waals surface area contributed by atoms with E-state index in [4.69, 9.17) is 37.3 Å². The molecule has 0 saturated carbocycles. The number of aliphatic hydroxyl groups is 1. The average molecular weight is 886 g/mol. The van der Waals surface area contributed by atoms with Crippen LogP contribution in [0.5, 0.6) is 11.5 Å². The fourth-order valence-electron chi connectivity index (χ4n) is 7.56. The maximum atomic E-state index is 13.2. The summed E-state index contributed by atoms with van der Waals surface area (Å²) in [5.41, 5.74) is -0.792. The number of hydrogen-bond donors (Lipinski definition) is 3. The highest BCUT2D eigenvalue weighted by Gasteiger charge is 2.45. The minimum absolute atomic E-state index is 0.0103. The van der Waals surface area contributed by atoms with Crippen LogP contribution in [-0.2, 0) is 33.4 Å². The van der Waals surface area contributed by atoms with Gasteiger partial charge in [-0.05, 0) is 54.8 Å². The van der Waals surface area contributed by atoms with Gasteiger partial charge in [0.25, 0.3) is 11.1 Å². The summed E-state index contributed by atoms with van der Waals surface area (Å²) in [5.74, 6) is 1.28. The van der Waals surface area contributed by atoms with Crippen molar-refractivity contribution in [2.24, 2.45) is 0 Å². The maximum Gasteiger partial charge on any atom is 0.333 e. The molecule has 0 bridgehead atoms. The minimum atomic E-state index is -2.28. The van der Waals surface area contributed by atoms with E-state index in [1.807, 2.05) is 84.9 Å². The van der Waals surface area contributed by atoms with Crippen molar-refractivity contribution in [1.29, 1.82) is 5.26 Å².